The van der Waals surface area contributed by atoms with Gasteiger partial charge in [0, 0.05) is 11.1 Å². The van der Waals surface area contributed by atoms with E-state index in [0.29, 0.717) is 0 Å². The van der Waals surface area contributed by atoms with Gasteiger partial charge in [-0.3, -0.25) is 0 Å². The van der Waals surface area contributed by atoms with Crippen molar-refractivity contribution in [2.24, 2.45) is 0 Å². The number of rotatable bonds is 5. The molecule has 1 heterocycles. The Kier molecular flexibility index (Phi) is 5.02. The number of aryl methyl sites for hydroxylation is 2. The van der Waals surface area contributed by atoms with E-state index in [1.54, 1.807) is 0 Å². The second-order valence-electron chi connectivity index (χ2n) is 3.80. The van der Waals surface area contributed by atoms with Crippen molar-refractivity contribution in [1.82, 2.24) is 0 Å². The topological polar surface area (TPSA) is 3.88 Å². The van der Waals surface area contributed by atoms with Crippen molar-refractivity contribution >= 4 is 11.8 Å². The fourth-order valence-corrected chi connectivity index (χ4v) is 2.47. The molecule has 14 heavy (non-hydrogen) atoms. The minimum atomic E-state index is 1.09. The zero-order chi connectivity index (χ0) is 10.4. The summed E-state index contributed by atoms with van der Waals surface area (Å²) in [4.78, 5) is 0. The summed E-state index contributed by atoms with van der Waals surface area (Å²) in [5.74, 6) is 2.36. The van der Waals surface area contributed by atoms with Gasteiger partial charge < -0.3 is 0 Å². The molecule has 0 aromatic carbocycles. The van der Waals surface area contributed by atoms with Gasteiger partial charge in [-0.05, 0) is 32.1 Å². The largest absolute Gasteiger partial charge is 0.195 e. The first-order chi connectivity index (χ1) is 6.72. The van der Waals surface area contributed by atoms with E-state index in [1.807, 2.05) is 11.8 Å². The molecule has 0 saturated carbocycles. The van der Waals surface area contributed by atoms with Crippen LogP contribution >= 0.6 is 11.8 Å². The van der Waals surface area contributed by atoms with Crippen LogP contribution < -0.4 is 4.57 Å². The molecule has 0 unspecified atom stereocenters. The molecule has 0 fully saturated rings. The van der Waals surface area contributed by atoms with E-state index >= 15 is 0 Å². The minimum absolute atomic E-state index is 1.09. The Hall–Kier alpha value is -0.500. The van der Waals surface area contributed by atoms with Gasteiger partial charge in [-0.2, -0.15) is 4.57 Å². The normalized spacial score (nSPS) is 10.5. The smallest absolute Gasteiger partial charge is 0.194 e. The molecule has 0 amide bonds. The van der Waals surface area contributed by atoms with E-state index in [4.69, 9.17) is 0 Å². The highest BCUT2D eigenvalue weighted by molar-refractivity contribution is 7.98. The molecule has 1 nitrogen and oxygen atoms in total. The molecule has 2 heteroatoms. The Morgan fingerprint density at radius 3 is 2.43 bits per heavy atom. The lowest BCUT2D eigenvalue weighted by molar-refractivity contribution is -0.676. The van der Waals surface area contributed by atoms with E-state index in [1.165, 1.54) is 29.7 Å². The van der Waals surface area contributed by atoms with Crippen molar-refractivity contribution in [3.8, 4) is 0 Å². The Bertz CT molecular complexity index is 263. The maximum atomic E-state index is 2.28. The number of aromatic nitrogens is 1. The lowest BCUT2D eigenvalue weighted by Crippen LogP contribution is -2.32. The van der Waals surface area contributed by atoms with Gasteiger partial charge in [0.1, 0.15) is 0 Å². The quantitative estimate of drug-likeness (QED) is 0.533. The van der Waals surface area contributed by atoms with Crippen LogP contribution in [0.5, 0.6) is 0 Å². The van der Waals surface area contributed by atoms with Crippen molar-refractivity contribution < 1.29 is 4.57 Å². The summed E-state index contributed by atoms with van der Waals surface area (Å²) in [6.45, 7) is 6.55. The Balaban J connectivity index is 2.42. The lowest BCUT2D eigenvalue weighted by Gasteiger charge is -1.99. The molecule has 1 aromatic rings. The van der Waals surface area contributed by atoms with E-state index in [9.17, 15) is 0 Å². The second kappa shape index (κ2) is 6.07. The van der Waals surface area contributed by atoms with E-state index in [2.05, 4.69) is 43.8 Å². The van der Waals surface area contributed by atoms with Gasteiger partial charge in [0.2, 0.25) is 0 Å². The van der Waals surface area contributed by atoms with Gasteiger partial charge in [0.15, 0.2) is 18.3 Å². The molecule has 0 spiro atoms. The van der Waals surface area contributed by atoms with Crippen molar-refractivity contribution in [3.63, 3.8) is 0 Å². The number of thioether (sulfide) groups is 1. The third kappa shape index (κ3) is 4.14. The zero-order valence-corrected chi connectivity index (χ0v) is 10.2. The van der Waals surface area contributed by atoms with Gasteiger partial charge in [-0.25, -0.2) is 0 Å². The summed E-state index contributed by atoms with van der Waals surface area (Å²) in [5, 5.41) is 0. The number of hydrogen-bond acceptors (Lipinski definition) is 1. The predicted octanol–water partition coefficient (Wildman–Crippen LogP) is 3.08. The van der Waals surface area contributed by atoms with Crippen molar-refractivity contribution in [1.29, 1.82) is 0 Å². The molecule has 0 aliphatic carbocycles. The highest BCUT2D eigenvalue weighted by Gasteiger charge is 2.02. The van der Waals surface area contributed by atoms with Crippen molar-refractivity contribution in [2.45, 2.75) is 39.5 Å². The molecule has 0 atom stereocenters. The maximum absolute atomic E-state index is 2.28. The molecule has 0 bridgehead atoms. The maximum Gasteiger partial charge on any atom is 0.194 e. The van der Waals surface area contributed by atoms with Gasteiger partial charge in [0.25, 0.3) is 0 Å². The van der Waals surface area contributed by atoms with Crippen LogP contribution in [0.15, 0.2) is 18.5 Å². The summed E-state index contributed by atoms with van der Waals surface area (Å²) in [6, 6.07) is 2.22. The van der Waals surface area contributed by atoms with Gasteiger partial charge in [0.05, 0.1) is 0 Å². The van der Waals surface area contributed by atoms with Crippen LogP contribution in [0.3, 0.4) is 0 Å². The molecule has 78 valence electrons. The highest BCUT2D eigenvalue weighted by atomic mass is 32.2. The van der Waals surface area contributed by atoms with E-state index < -0.39 is 0 Å². The average Bonchev–Trinajstić information content (AvgIpc) is 2.11. The van der Waals surface area contributed by atoms with Crippen molar-refractivity contribution in [3.05, 3.63) is 29.6 Å². The fourth-order valence-electron chi connectivity index (χ4n) is 1.48. The molecule has 1 aromatic heterocycles. The Morgan fingerprint density at radius 2 is 1.86 bits per heavy atom. The third-order valence-electron chi connectivity index (χ3n) is 2.08. The SMILES string of the molecule is CCCCSC[n+]1cc(C)cc(C)c1. The number of unbranched alkanes of at least 4 members (excludes halogenated alkanes) is 1. The molecule has 0 aliphatic heterocycles. The number of hydrogen-bond donors (Lipinski definition) is 0. The number of pyridine rings is 1. The number of nitrogens with zero attached hydrogens (tertiary/aromatic N) is 1. The van der Waals surface area contributed by atoms with Crippen LogP contribution in [0.2, 0.25) is 0 Å². The van der Waals surface area contributed by atoms with Crippen LogP contribution in [0.1, 0.15) is 30.9 Å². The molecular formula is C12H20NS+. The monoisotopic (exact) mass is 210 g/mol. The molecule has 1 rings (SSSR count). The highest BCUT2D eigenvalue weighted by Crippen LogP contribution is 2.05. The fraction of sp³-hybridized carbons (Fsp3) is 0.583. The molecule has 0 radical (unpaired) electrons. The van der Waals surface area contributed by atoms with E-state index in [-0.39, 0.29) is 0 Å². The predicted molar refractivity (Wildman–Crippen MR) is 63.5 cm³/mol. The second-order valence-corrected chi connectivity index (χ2v) is 4.87. The van der Waals surface area contributed by atoms with Gasteiger partial charge in [-0.15, -0.1) is 0 Å². The first kappa shape index (κ1) is 11.6. The van der Waals surface area contributed by atoms with Gasteiger partial charge >= 0.3 is 0 Å². The standard InChI is InChI=1S/C12H20NS/c1-4-5-6-14-10-13-8-11(2)7-12(3)9-13/h7-9H,4-6,10H2,1-3H3/q+1. The van der Waals surface area contributed by atoms with Crippen LogP contribution in [-0.2, 0) is 5.88 Å². The minimum Gasteiger partial charge on any atom is -0.195 e. The Labute approximate surface area is 91.5 Å². The summed E-state index contributed by atoms with van der Waals surface area (Å²) >= 11 is 2.01. The van der Waals surface area contributed by atoms with Crippen LogP contribution in [0.4, 0.5) is 0 Å². The first-order valence-corrected chi connectivity index (χ1v) is 6.43. The van der Waals surface area contributed by atoms with E-state index in [0.717, 1.165) is 5.88 Å². The van der Waals surface area contributed by atoms with Crippen LogP contribution in [0.25, 0.3) is 0 Å². The molecule has 0 saturated heterocycles. The third-order valence-corrected chi connectivity index (χ3v) is 3.13. The molecule has 0 aliphatic rings. The summed E-state index contributed by atoms with van der Waals surface area (Å²) < 4.78 is 2.28. The summed E-state index contributed by atoms with van der Waals surface area (Å²) in [6.07, 6.45) is 7.05. The zero-order valence-electron chi connectivity index (χ0n) is 9.42. The molecule has 0 N–H and O–H groups in total. The van der Waals surface area contributed by atoms with Crippen LogP contribution in [-0.4, -0.2) is 5.75 Å². The Morgan fingerprint density at radius 1 is 1.21 bits per heavy atom. The molecular weight excluding hydrogens is 190 g/mol. The van der Waals surface area contributed by atoms with Gasteiger partial charge in [-0.1, -0.05) is 25.1 Å². The first-order valence-electron chi connectivity index (χ1n) is 5.27. The summed E-state index contributed by atoms with van der Waals surface area (Å²) in [7, 11) is 0. The summed E-state index contributed by atoms with van der Waals surface area (Å²) in [5.41, 5.74) is 2.70. The average molecular weight is 210 g/mol. The van der Waals surface area contributed by atoms with Crippen molar-refractivity contribution in [2.75, 3.05) is 5.75 Å². The lowest BCUT2D eigenvalue weighted by atomic mass is 10.2. The van der Waals surface area contributed by atoms with Crippen LogP contribution in [0, 0.1) is 13.8 Å².